The number of aromatic nitrogens is 4. The second-order valence-corrected chi connectivity index (χ2v) is 16.4. The number of alkyl halides is 6. The number of thiophene rings is 1. The maximum absolute atomic E-state index is 15.4. The van der Waals surface area contributed by atoms with Crippen LogP contribution < -0.4 is 0 Å². The van der Waals surface area contributed by atoms with Crippen LogP contribution in [0, 0.1) is 0 Å². The summed E-state index contributed by atoms with van der Waals surface area (Å²) in [6, 6.07) is 51.1. The first-order valence-corrected chi connectivity index (χ1v) is 21.1. The van der Waals surface area contributed by atoms with Crippen molar-refractivity contribution >= 4 is 53.3 Å². The fraction of sp³-hybridized carbons (Fsp3) is 0.0377. The van der Waals surface area contributed by atoms with Crippen LogP contribution in [0.4, 0.5) is 26.3 Å². The second kappa shape index (κ2) is 15.0. The molecule has 11 heteroatoms. The van der Waals surface area contributed by atoms with E-state index in [0.29, 0.717) is 22.2 Å². The smallest absolute Gasteiger partial charge is 0.308 e. The number of hydrogen-bond acceptors (Lipinski definition) is 4. The SMILES string of the molecule is FC(F)(F)c1ccccc1-c1cc(-c2nc(-c3ccccc3)nc(-c3ccccc3)n2)cc(-c2ccccc2C(F)(F)F)c1-n1c2ccccc2c2c3sc4ccccc4c3ccc21. The van der Waals surface area contributed by atoms with Crippen LogP contribution in [0.2, 0.25) is 0 Å². The fourth-order valence-electron chi connectivity index (χ4n) is 8.76. The quantitative estimate of drug-likeness (QED) is 0.156. The number of benzene rings is 8. The third-order valence-corrected chi connectivity index (χ3v) is 12.7. The molecular weight excluding hydrogens is 839 g/mol. The molecule has 0 unspecified atom stereocenters. The Kier molecular flexibility index (Phi) is 9.21. The maximum Gasteiger partial charge on any atom is 0.417 e. The molecule has 0 aliphatic rings. The minimum absolute atomic E-state index is 0.0272. The molecule has 0 fully saturated rings. The van der Waals surface area contributed by atoms with Gasteiger partial charge >= 0.3 is 12.4 Å². The van der Waals surface area contributed by atoms with E-state index >= 15 is 26.3 Å². The Hall–Kier alpha value is -7.63. The molecule has 4 nitrogen and oxygen atoms in total. The number of fused-ring (bicyclic) bond motifs is 7. The van der Waals surface area contributed by atoms with E-state index in [0.717, 1.165) is 43.1 Å². The Morgan fingerprint density at radius 3 is 1.42 bits per heavy atom. The van der Waals surface area contributed by atoms with Crippen LogP contribution in [0.1, 0.15) is 11.1 Å². The van der Waals surface area contributed by atoms with Crippen molar-refractivity contribution in [1.29, 1.82) is 0 Å². The van der Waals surface area contributed by atoms with E-state index in [1.54, 1.807) is 23.5 Å². The molecule has 3 aromatic heterocycles. The van der Waals surface area contributed by atoms with Crippen molar-refractivity contribution < 1.29 is 26.3 Å². The molecule has 64 heavy (non-hydrogen) atoms. The molecule has 0 saturated carbocycles. The average Bonchev–Trinajstić information content (AvgIpc) is 3.87. The molecule has 11 rings (SSSR count). The van der Waals surface area contributed by atoms with Crippen molar-refractivity contribution in [3.8, 4) is 62.1 Å². The Labute approximate surface area is 365 Å². The molecule has 0 atom stereocenters. The predicted octanol–water partition coefficient (Wildman–Crippen LogP) is 15.7. The Morgan fingerprint density at radius 1 is 0.391 bits per heavy atom. The zero-order chi connectivity index (χ0) is 43.7. The molecule has 0 bridgehead atoms. The normalized spacial score (nSPS) is 12.2. The van der Waals surface area contributed by atoms with Crippen LogP contribution in [-0.4, -0.2) is 19.5 Å². The molecule has 0 N–H and O–H groups in total. The zero-order valence-electron chi connectivity index (χ0n) is 33.3. The average molecular weight is 869 g/mol. The summed E-state index contributed by atoms with van der Waals surface area (Å²) >= 11 is 1.59. The first kappa shape index (κ1) is 39.2. The first-order chi connectivity index (χ1) is 31.0. The lowest BCUT2D eigenvalue weighted by molar-refractivity contribution is -0.137. The molecular formula is C53H30F6N4S. The molecule has 0 aliphatic heterocycles. The monoisotopic (exact) mass is 868 g/mol. The van der Waals surface area contributed by atoms with Crippen molar-refractivity contribution in [3.63, 3.8) is 0 Å². The Balaban J connectivity index is 1.33. The highest BCUT2D eigenvalue weighted by molar-refractivity contribution is 7.26. The van der Waals surface area contributed by atoms with Crippen LogP contribution in [0.25, 0.3) is 104 Å². The van der Waals surface area contributed by atoms with Gasteiger partial charge in [0.15, 0.2) is 17.5 Å². The van der Waals surface area contributed by atoms with Gasteiger partial charge in [-0.25, -0.2) is 15.0 Å². The summed E-state index contributed by atoms with van der Waals surface area (Å²) in [5.41, 5.74) is 0.496. The lowest BCUT2D eigenvalue weighted by Gasteiger charge is -2.24. The van der Waals surface area contributed by atoms with Gasteiger partial charge in [0.25, 0.3) is 0 Å². The van der Waals surface area contributed by atoms with Gasteiger partial charge in [0.05, 0.1) is 27.8 Å². The first-order valence-electron chi connectivity index (χ1n) is 20.3. The van der Waals surface area contributed by atoms with Gasteiger partial charge in [-0.3, -0.25) is 0 Å². The van der Waals surface area contributed by atoms with Gasteiger partial charge in [-0.05, 0) is 53.6 Å². The zero-order valence-corrected chi connectivity index (χ0v) is 34.1. The summed E-state index contributed by atoms with van der Waals surface area (Å²) in [4.78, 5) is 14.6. The van der Waals surface area contributed by atoms with Crippen molar-refractivity contribution in [2.45, 2.75) is 12.4 Å². The molecule has 0 amide bonds. The van der Waals surface area contributed by atoms with E-state index in [4.69, 9.17) is 15.0 Å². The molecule has 310 valence electrons. The van der Waals surface area contributed by atoms with Crippen molar-refractivity contribution in [2.24, 2.45) is 0 Å². The number of hydrogen-bond donors (Lipinski definition) is 0. The van der Waals surface area contributed by atoms with Crippen LogP contribution in [-0.2, 0) is 12.4 Å². The van der Waals surface area contributed by atoms with E-state index in [1.807, 2.05) is 126 Å². The van der Waals surface area contributed by atoms with E-state index in [1.165, 1.54) is 36.4 Å². The standard InChI is InChI=1S/C53H30F6N4S/c54-52(55,56)41-23-11-7-19-34(41)39-29-33(51-61-49(31-15-3-1-4-16-31)60-50(62-51)32-17-5-2-6-18-32)30-40(35-20-8-12-24-42(35)53(57,58)59)47(39)63-43-25-13-9-22-38(43)46-44(63)28-27-37-36-21-10-14-26-45(36)64-48(37)46/h1-30H. The lowest BCUT2D eigenvalue weighted by atomic mass is 9.88. The molecule has 3 heterocycles. The van der Waals surface area contributed by atoms with Crippen molar-refractivity contribution in [2.75, 3.05) is 0 Å². The van der Waals surface area contributed by atoms with Crippen LogP contribution in [0.5, 0.6) is 0 Å². The van der Waals surface area contributed by atoms with Gasteiger partial charge in [0.2, 0.25) is 0 Å². The van der Waals surface area contributed by atoms with Gasteiger partial charge in [-0.1, -0.05) is 140 Å². The fourth-order valence-corrected chi connectivity index (χ4v) is 10.0. The van der Waals surface area contributed by atoms with E-state index in [2.05, 4.69) is 0 Å². The van der Waals surface area contributed by atoms with Crippen LogP contribution >= 0.6 is 11.3 Å². The van der Waals surface area contributed by atoms with Crippen LogP contribution in [0.3, 0.4) is 0 Å². The summed E-state index contributed by atoms with van der Waals surface area (Å²) in [5, 5.41) is 3.67. The Bertz CT molecular complexity index is 3460. The molecule has 0 spiro atoms. The van der Waals surface area contributed by atoms with Gasteiger partial charge in [-0.2, -0.15) is 26.3 Å². The van der Waals surface area contributed by atoms with E-state index < -0.39 is 23.5 Å². The molecule has 8 aromatic carbocycles. The number of nitrogens with zero attached hydrogens (tertiary/aromatic N) is 4. The van der Waals surface area contributed by atoms with Crippen molar-refractivity contribution in [3.05, 3.63) is 193 Å². The minimum Gasteiger partial charge on any atom is -0.308 e. The van der Waals surface area contributed by atoms with E-state index in [9.17, 15) is 0 Å². The summed E-state index contributed by atoms with van der Waals surface area (Å²) in [6.45, 7) is 0. The Morgan fingerprint density at radius 2 is 0.859 bits per heavy atom. The van der Waals surface area contributed by atoms with Gasteiger partial charge in [0, 0.05) is 58.8 Å². The summed E-state index contributed by atoms with van der Waals surface area (Å²) in [6.07, 6.45) is -9.68. The highest BCUT2D eigenvalue weighted by Gasteiger charge is 2.37. The third-order valence-electron chi connectivity index (χ3n) is 11.5. The maximum atomic E-state index is 15.4. The predicted molar refractivity (Wildman–Crippen MR) is 244 cm³/mol. The molecule has 0 radical (unpaired) electrons. The summed E-state index contributed by atoms with van der Waals surface area (Å²) < 4.78 is 95.9. The molecule has 0 aliphatic carbocycles. The van der Waals surface area contributed by atoms with Crippen molar-refractivity contribution in [1.82, 2.24) is 19.5 Å². The summed E-state index contributed by atoms with van der Waals surface area (Å²) in [5.74, 6) is 0.612. The topological polar surface area (TPSA) is 43.6 Å². The third kappa shape index (κ3) is 6.58. The highest BCUT2D eigenvalue weighted by Crippen LogP contribution is 2.50. The number of para-hydroxylation sites is 1. The molecule has 0 saturated heterocycles. The van der Waals surface area contributed by atoms with Crippen LogP contribution in [0.15, 0.2) is 182 Å². The van der Waals surface area contributed by atoms with Gasteiger partial charge in [-0.15, -0.1) is 11.3 Å². The number of rotatable bonds is 6. The van der Waals surface area contributed by atoms with Gasteiger partial charge in [0.1, 0.15) is 0 Å². The second-order valence-electron chi connectivity index (χ2n) is 15.3. The lowest BCUT2D eigenvalue weighted by Crippen LogP contribution is -2.11. The number of halogens is 6. The van der Waals surface area contributed by atoms with Gasteiger partial charge < -0.3 is 4.57 Å². The highest BCUT2D eigenvalue weighted by atomic mass is 32.1. The minimum atomic E-state index is -4.84. The summed E-state index contributed by atoms with van der Waals surface area (Å²) in [7, 11) is 0. The van der Waals surface area contributed by atoms with E-state index in [-0.39, 0.29) is 51.0 Å². The largest absolute Gasteiger partial charge is 0.417 e. The molecule has 11 aromatic rings.